The third kappa shape index (κ3) is 5.88. The molecule has 0 radical (unpaired) electrons. The predicted octanol–water partition coefficient (Wildman–Crippen LogP) is 5.80. The number of nitrogens with two attached hydrogens (primary N) is 1. The van der Waals surface area contributed by atoms with E-state index in [0.717, 1.165) is 45.8 Å². The first-order valence-corrected chi connectivity index (χ1v) is 10.3. The number of aromatic nitrogens is 2. The van der Waals surface area contributed by atoms with Crippen molar-refractivity contribution in [3.63, 3.8) is 0 Å². The molecular formula is C23H27Cl3N4O. The second kappa shape index (κ2) is 11.7. The maximum absolute atomic E-state index is 5.98. The quantitative estimate of drug-likeness (QED) is 0.356. The molecule has 1 saturated carbocycles. The molecule has 4 rings (SSSR count). The second-order valence-corrected chi connectivity index (χ2v) is 7.84. The van der Waals surface area contributed by atoms with Gasteiger partial charge in [0, 0.05) is 22.4 Å². The van der Waals surface area contributed by atoms with Gasteiger partial charge in [-0.15, -0.1) is 24.8 Å². The summed E-state index contributed by atoms with van der Waals surface area (Å²) in [5.74, 6) is 7.61. The molecule has 1 aliphatic rings. The van der Waals surface area contributed by atoms with Crippen LogP contribution in [0.4, 0.5) is 0 Å². The summed E-state index contributed by atoms with van der Waals surface area (Å²) in [5, 5.41) is 1.75. The third-order valence-corrected chi connectivity index (χ3v) is 5.83. The number of nitrogens with zero attached hydrogens (tertiary/aromatic N) is 2. The van der Waals surface area contributed by atoms with Crippen LogP contribution in [0.15, 0.2) is 42.5 Å². The SMILES string of the molecule is COc1ccc2nc(C=Cc3ccc(Cl)cc3)nc([C@H]3CCCC[C@H]3NN)c2c1.Cl.Cl. The Balaban J connectivity index is 0.00000171. The predicted molar refractivity (Wildman–Crippen MR) is 133 cm³/mol. The lowest BCUT2D eigenvalue weighted by atomic mass is 9.81. The average Bonchev–Trinajstić information content (AvgIpc) is 2.77. The van der Waals surface area contributed by atoms with E-state index in [0.29, 0.717) is 5.82 Å². The van der Waals surface area contributed by atoms with Gasteiger partial charge in [0.25, 0.3) is 0 Å². The minimum Gasteiger partial charge on any atom is -0.497 e. The molecule has 2 atom stereocenters. The fourth-order valence-electron chi connectivity index (χ4n) is 4.04. The van der Waals surface area contributed by atoms with Crippen LogP contribution in [-0.2, 0) is 0 Å². The minimum atomic E-state index is 0. The summed E-state index contributed by atoms with van der Waals surface area (Å²) < 4.78 is 5.44. The number of nitrogens with one attached hydrogen (secondary N) is 1. The second-order valence-electron chi connectivity index (χ2n) is 7.40. The van der Waals surface area contributed by atoms with Crippen molar-refractivity contribution in [3.8, 4) is 5.75 Å². The highest BCUT2D eigenvalue weighted by Gasteiger charge is 2.28. The number of methoxy groups -OCH3 is 1. The van der Waals surface area contributed by atoms with Crippen molar-refractivity contribution in [2.45, 2.75) is 37.6 Å². The molecule has 8 heteroatoms. The Kier molecular flexibility index (Phi) is 9.54. The van der Waals surface area contributed by atoms with Gasteiger partial charge in [0.15, 0.2) is 5.82 Å². The van der Waals surface area contributed by atoms with Gasteiger partial charge >= 0.3 is 0 Å². The fraction of sp³-hybridized carbons (Fsp3) is 0.304. The summed E-state index contributed by atoms with van der Waals surface area (Å²) >= 11 is 5.98. The first-order chi connectivity index (χ1) is 14.2. The Bertz CT molecular complexity index is 1030. The van der Waals surface area contributed by atoms with Crippen LogP contribution in [0.5, 0.6) is 5.75 Å². The number of benzene rings is 2. The molecular weight excluding hydrogens is 455 g/mol. The van der Waals surface area contributed by atoms with Gasteiger partial charge in [-0.2, -0.15) is 0 Å². The van der Waals surface area contributed by atoms with E-state index >= 15 is 0 Å². The lowest BCUT2D eigenvalue weighted by Gasteiger charge is -2.31. The van der Waals surface area contributed by atoms with Crippen LogP contribution in [0, 0.1) is 0 Å². The normalized spacial score (nSPS) is 18.4. The summed E-state index contributed by atoms with van der Waals surface area (Å²) in [5.41, 5.74) is 6.00. The number of ether oxygens (including phenoxy) is 1. The molecule has 0 aliphatic heterocycles. The smallest absolute Gasteiger partial charge is 0.152 e. The average molecular weight is 482 g/mol. The van der Waals surface area contributed by atoms with E-state index in [-0.39, 0.29) is 36.8 Å². The molecule has 0 spiro atoms. The van der Waals surface area contributed by atoms with Crippen molar-refractivity contribution in [2.24, 2.45) is 5.84 Å². The van der Waals surface area contributed by atoms with E-state index in [2.05, 4.69) is 5.43 Å². The van der Waals surface area contributed by atoms with Crippen LogP contribution in [-0.4, -0.2) is 23.1 Å². The summed E-state index contributed by atoms with van der Waals surface area (Å²) in [4.78, 5) is 9.71. The number of hydrogen-bond acceptors (Lipinski definition) is 5. The van der Waals surface area contributed by atoms with Crippen molar-refractivity contribution in [1.82, 2.24) is 15.4 Å². The summed E-state index contributed by atoms with van der Waals surface area (Å²) in [7, 11) is 1.68. The topological polar surface area (TPSA) is 73.1 Å². The largest absolute Gasteiger partial charge is 0.497 e. The van der Waals surface area contributed by atoms with Gasteiger partial charge in [-0.05, 0) is 54.8 Å². The molecule has 5 nitrogen and oxygen atoms in total. The van der Waals surface area contributed by atoms with Crippen molar-refractivity contribution in [2.75, 3.05) is 7.11 Å². The maximum Gasteiger partial charge on any atom is 0.152 e. The van der Waals surface area contributed by atoms with Crippen molar-refractivity contribution < 1.29 is 4.74 Å². The summed E-state index contributed by atoms with van der Waals surface area (Å²) in [6.45, 7) is 0. The highest BCUT2D eigenvalue weighted by atomic mass is 35.5. The van der Waals surface area contributed by atoms with E-state index in [1.54, 1.807) is 7.11 Å². The van der Waals surface area contributed by atoms with Crippen LogP contribution in [0.1, 0.15) is 48.7 Å². The molecule has 31 heavy (non-hydrogen) atoms. The van der Waals surface area contributed by atoms with Crippen LogP contribution in [0.25, 0.3) is 23.1 Å². The Morgan fingerprint density at radius 2 is 1.77 bits per heavy atom. The van der Waals surface area contributed by atoms with Crippen molar-refractivity contribution in [3.05, 3.63) is 64.6 Å². The molecule has 1 heterocycles. The monoisotopic (exact) mass is 480 g/mol. The van der Waals surface area contributed by atoms with Crippen LogP contribution >= 0.6 is 36.4 Å². The molecule has 1 fully saturated rings. The zero-order valence-electron chi connectivity index (χ0n) is 17.3. The Labute approximate surface area is 200 Å². The van der Waals surface area contributed by atoms with Crippen LogP contribution in [0.3, 0.4) is 0 Å². The zero-order valence-corrected chi connectivity index (χ0v) is 19.6. The number of halogens is 3. The van der Waals surface area contributed by atoms with Crippen molar-refractivity contribution in [1.29, 1.82) is 0 Å². The van der Waals surface area contributed by atoms with E-state index in [9.17, 15) is 0 Å². The summed E-state index contributed by atoms with van der Waals surface area (Å²) in [6.07, 6.45) is 8.41. The van der Waals surface area contributed by atoms with E-state index in [4.69, 9.17) is 32.1 Å². The first kappa shape index (κ1) is 25.4. The lowest BCUT2D eigenvalue weighted by Crippen LogP contribution is -2.41. The molecule has 3 N–H and O–H groups in total. The number of hydrazine groups is 1. The molecule has 1 aromatic heterocycles. The zero-order chi connectivity index (χ0) is 20.2. The van der Waals surface area contributed by atoms with Crippen molar-refractivity contribution >= 4 is 59.5 Å². The van der Waals surface area contributed by atoms with Gasteiger partial charge in [0.1, 0.15) is 5.75 Å². The van der Waals surface area contributed by atoms with Crippen LogP contribution in [0.2, 0.25) is 5.02 Å². The molecule has 0 saturated heterocycles. The molecule has 2 aromatic carbocycles. The van der Waals surface area contributed by atoms with Gasteiger partial charge in [0.05, 0.1) is 18.3 Å². The summed E-state index contributed by atoms with van der Waals surface area (Å²) in [6, 6.07) is 13.9. The highest BCUT2D eigenvalue weighted by molar-refractivity contribution is 6.30. The van der Waals surface area contributed by atoms with Gasteiger partial charge in [-0.1, -0.05) is 42.7 Å². The van der Waals surface area contributed by atoms with Gasteiger partial charge in [-0.3, -0.25) is 11.3 Å². The molecule has 0 bridgehead atoms. The molecule has 0 amide bonds. The number of rotatable bonds is 5. The van der Waals surface area contributed by atoms with E-state index in [1.807, 2.05) is 54.6 Å². The van der Waals surface area contributed by atoms with E-state index in [1.165, 1.54) is 12.8 Å². The van der Waals surface area contributed by atoms with Gasteiger partial charge < -0.3 is 4.74 Å². The van der Waals surface area contributed by atoms with Gasteiger partial charge in [-0.25, -0.2) is 9.97 Å². The lowest BCUT2D eigenvalue weighted by molar-refractivity contribution is 0.328. The highest BCUT2D eigenvalue weighted by Crippen LogP contribution is 2.36. The number of hydrogen-bond donors (Lipinski definition) is 2. The Morgan fingerprint density at radius 1 is 1.03 bits per heavy atom. The maximum atomic E-state index is 5.98. The Morgan fingerprint density at radius 3 is 2.48 bits per heavy atom. The minimum absolute atomic E-state index is 0. The number of fused-ring (bicyclic) bond motifs is 1. The molecule has 0 unspecified atom stereocenters. The fourth-order valence-corrected chi connectivity index (χ4v) is 4.16. The first-order valence-electron chi connectivity index (χ1n) is 9.93. The molecule has 3 aromatic rings. The molecule has 1 aliphatic carbocycles. The molecule has 166 valence electrons. The van der Waals surface area contributed by atoms with Gasteiger partial charge in [0.2, 0.25) is 0 Å². The standard InChI is InChI=1S/C23H25ClN4O.2ClH/c1-29-17-11-12-20-19(14-17)23(18-4-2-3-5-21(18)28-25)27-22(26-20)13-8-15-6-9-16(24)10-7-15;;/h6-14,18,21,28H,2-5,25H2,1H3;2*1H/t18-,21+;;/m0../s1. The van der Waals surface area contributed by atoms with E-state index < -0.39 is 0 Å². The van der Waals surface area contributed by atoms with Crippen LogP contribution < -0.4 is 16.0 Å². The Hall–Kier alpha value is -1.89. The third-order valence-electron chi connectivity index (χ3n) is 5.58.